The predicted octanol–water partition coefficient (Wildman–Crippen LogP) is -26.9. The predicted molar refractivity (Wildman–Crippen MR) is 418 cm³/mol. The van der Waals surface area contributed by atoms with E-state index in [2.05, 4.69) is 10.6 Å². The molecule has 0 spiro atoms. The molecule has 0 unspecified atom stereocenters. The summed E-state index contributed by atoms with van der Waals surface area (Å²) in [5.41, 5.74) is 0. The second-order valence-corrected chi connectivity index (χ2v) is 35.2. The Labute approximate surface area is 784 Å². The zero-order chi connectivity index (χ0) is 102. The van der Waals surface area contributed by atoms with Gasteiger partial charge in [0, 0.05) is 13.8 Å². The van der Waals surface area contributed by atoms with E-state index in [9.17, 15) is 193 Å². The first-order valence-electron chi connectivity index (χ1n) is 44.2. The Kier molecular flexibility index (Phi) is 41.0. The Morgan fingerprint density at radius 1 is 0.187 bits per heavy atom. The van der Waals surface area contributed by atoms with Crippen LogP contribution in [0.5, 0.6) is 0 Å². The third kappa shape index (κ3) is 24.5. The molecule has 63 heteroatoms. The molecule has 0 aromatic heterocycles. The minimum atomic E-state index is -2.73. The average Bonchev–Trinajstić information content (AvgIpc) is 0.758. The average molecular weight is 2050 g/mol. The van der Waals surface area contributed by atoms with Crippen LogP contribution in [0.3, 0.4) is 0 Å². The molecule has 12 heterocycles. The van der Waals surface area contributed by atoms with Gasteiger partial charge in [0.1, 0.15) is 293 Å². The minimum Gasteiger partial charge on any atom is -0.394 e. The zero-order valence-electron chi connectivity index (χ0n) is 73.4. The summed E-state index contributed by atoms with van der Waals surface area (Å²) in [4.78, 5) is 25.5. The van der Waals surface area contributed by atoms with Crippen molar-refractivity contribution in [1.29, 1.82) is 0 Å². The van der Waals surface area contributed by atoms with Gasteiger partial charge >= 0.3 is 0 Å². The van der Waals surface area contributed by atoms with Gasteiger partial charge in [-0.05, 0) is 0 Å². The van der Waals surface area contributed by atoms with Crippen molar-refractivity contribution in [2.45, 2.75) is 382 Å². The molecule has 12 aliphatic rings. The number of ether oxygens (including phenoxy) is 23. The Bertz CT molecular complexity index is 3730. The van der Waals surface area contributed by atoms with E-state index in [4.69, 9.17) is 109 Å². The third-order valence-corrected chi connectivity index (χ3v) is 25.9. The van der Waals surface area contributed by atoms with Gasteiger partial charge in [-0.25, -0.2) is 0 Å². The summed E-state index contributed by atoms with van der Waals surface area (Å²) in [5, 5.41) is 408. The topological polar surface area (TPSA) is 999 Å². The fourth-order valence-electron chi connectivity index (χ4n) is 17.9. The molecule has 0 bridgehead atoms. The molecule has 12 saturated heterocycles. The fraction of sp³-hybridized carbons (Fsp3) is 0.974. The van der Waals surface area contributed by atoms with Crippen LogP contribution in [0, 0.1) is 0 Å². The van der Waals surface area contributed by atoms with E-state index < -0.39 is 459 Å². The van der Waals surface area contributed by atoms with Gasteiger partial charge in [0.15, 0.2) is 75.5 Å². The number of nitrogens with one attached hydrogen (secondary N) is 2. The number of hydrogen-bond acceptors (Lipinski definition) is 61. The molecule has 0 aromatic carbocycles. The Hall–Kier alpha value is -3.42. The number of aliphatic hydroxyl groups excluding tert-OH is 36. The molecule has 12 rings (SSSR count). The normalized spacial score (nSPS) is 51.9. The number of rotatable bonds is 36. The zero-order valence-corrected chi connectivity index (χ0v) is 73.4. The van der Waals surface area contributed by atoms with Crippen molar-refractivity contribution in [1.82, 2.24) is 10.6 Å². The SMILES string of the molecule is CC(=O)N[C@@H]1[C@@H](O)[C@H](O[C@@H]2O[C@H](CO)[C@@H](O[C@@H]3O[C@H](CO[C@H]4O[C@H](CO[C@H]5O[C@H](CO)[C@@H](O)[C@H](O)[C@@H]5O[C@H]5O[C@H](CO)[C@@H](O)[C@H](O)[C@@H]5O[C@H]5O[C@H](CO)[C@@H](O)[C@H](O)[C@@H]5O)[C@@H](O)[C@H](O[C@H]5O[C@H](CO)[C@@H](O)[C@H](O)[C@@H]5O[C@H]5O[C@H](CO)[C@@H](O)[C@H](O)[C@@H]5O)[C@@H]4O)[C@@H](O)[C@H](O[C@H]4O[C@H](CO)[C@@H](O)[C@H](O)[C@@H]4O[C@H]4O[C@H](CO)[C@@H](O)[C@H](O)[C@@H]4O[C@H]4O[C@H](CO)[C@@H](O)[C@H](O)[C@@H]4O)[C@@H]3O)[C@H](O)[C@H]2NC(C)=O)[C@@H](CO)O[C@H]1O. The molecule has 60 atom stereocenters. The summed E-state index contributed by atoms with van der Waals surface area (Å²) < 4.78 is 136. The van der Waals surface area contributed by atoms with Gasteiger partial charge in [-0.1, -0.05) is 0 Å². The molecule has 0 aromatic rings. The summed E-state index contributed by atoms with van der Waals surface area (Å²) >= 11 is 0. The van der Waals surface area contributed by atoms with Gasteiger partial charge in [0.25, 0.3) is 0 Å². The van der Waals surface area contributed by atoms with E-state index >= 15 is 0 Å². The van der Waals surface area contributed by atoms with Crippen molar-refractivity contribution in [3.63, 3.8) is 0 Å². The standard InChI is InChI=1S/C76H128N2O61/c1-15(89)77-29-41(101)56(25(11-87)119-65(29)116)131-66-30(78-16(2)90)42(102)57(26(12-88)128-66)132-71-55(115)59(134-74-64(50(110)38(98)22(8-84)125-74)139-76-63(49(109)37(97)24(10-86)127-76)137-70-53(113)45(105)33(93)19(5-81)122-70)40(100)28(130-71)13-117-67-54(114)58(133-73-61(47(107)35(95)21(7-83)124-73)135-68-51(111)43(103)31(91)17(3-79)120-68)39(99)27(129-67)14-118-72-60(46(106)34(94)20(6-82)123-72)138-75-62(48(108)36(96)23(9-85)126-75)136-69-52(112)44(104)32(92)18(4-80)121-69/h17-76,79-88,91-116H,3-14H2,1-2H3,(H,77,89)(H,78,90)/t17-,18-,19-,20-,21-,22-,23-,24-,25-,26-,27-,28-,29-,30-,31-,32-,33-,34-,35-,36-,37-,38-,39-,40-,41-,42-,43+,44+,45+,46+,47+,48+,49+,50+,51+,52+,53+,54+,55+,56-,57-,58+,59+,60+,61+,62+,63+,64+,65-,66+,67+,68-,69-,70-,71+,72+,73-,74-,75-,76-/m1/s1. The largest absolute Gasteiger partial charge is 0.394 e. The lowest BCUT2D eigenvalue weighted by Gasteiger charge is -2.51. The molecular formula is C76H128N2O61. The van der Waals surface area contributed by atoms with E-state index in [1.807, 2.05) is 0 Å². The maximum absolute atomic E-state index is 13.2. The van der Waals surface area contributed by atoms with Crippen molar-refractivity contribution in [2.24, 2.45) is 0 Å². The highest BCUT2D eigenvalue weighted by Crippen LogP contribution is 2.43. The van der Waals surface area contributed by atoms with Gasteiger partial charge in [0.05, 0.1) is 79.3 Å². The monoisotopic (exact) mass is 2040 g/mol. The van der Waals surface area contributed by atoms with Crippen molar-refractivity contribution >= 4 is 11.8 Å². The lowest BCUT2D eigenvalue weighted by molar-refractivity contribution is -0.409. The van der Waals surface area contributed by atoms with Crippen LogP contribution in [0.1, 0.15) is 13.8 Å². The van der Waals surface area contributed by atoms with Crippen molar-refractivity contribution < 1.29 is 302 Å². The number of carbonyl (C=O) groups is 2. The van der Waals surface area contributed by atoms with Crippen LogP contribution >= 0.6 is 0 Å². The van der Waals surface area contributed by atoms with Crippen molar-refractivity contribution in [2.75, 3.05) is 79.3 Å². The second-order valence-electron chi connectivity index (χ2n) is 35.2. The first-order chi connectivity index (χ1) is 65.9. The van der Waals surface area contributed by atoms with Crippen molar-refractivity contribution in [3.8, 4) is 0 Å². The highest BCUT2D eigenvalue weighted by molar-refractivity contribution is 5.73. The third-order valence-electron chi connectivity index (χ3n) is 25.9. The molecule has 2 amide bonds. The van der Waals surface area contributed by atoms with Crippen LogP contribution in [-0.2, 0) is 119 Å². The second kappa shape index (κ2) is 49.8. The minimum absolute atomic E-state index is 0.838. The quantitative estimate of drug-likeness (QED) is 0.0277. The fourth-order valence-corrected chi connectivity index (χ4v) is 17.9. The maximum Gasteiger partial charge on any atom is 0.217 e. The van der Waals surface area contributed by atoms with Gasteiger partial charge in [0.2, 0.25) is 11.8 Å². The van der Waals surface area contributed by atoms with Crippen LogP contribution in [0.25, 0.3) is 0 Å². The van der Waals surface area contributed by atoms with Crippen LogP contribution in [-0.4, -0.2) is 643 Å². The molecular weight excluding hydrogens is 1920 g/mol. The van der Waals surface area contributed by atoms with Crippen LogP contribution < -0.4 is 10.6 Å². The molecule has 63 nitrogen and oxygen atoms in total. The molecule has 12 aliphatic heterocycles. The maximum atomic E-state index is 13.2. The molecule has 0 radical (unpaired) electrons. The highest BCUT2D eigenvalue weighted by Gasteiger charge is 2.64. The number of hydrogen-bond donors (Lipinski definition) is 38. The van der Waals surface area contributed by atoms with Gasteiger partial charge < -0.3 is 303 Å². The molecule has 38 N–H and O–H groups in total. The molecule has 0 aliphatic carbocycles. The molecule has 0 saturated carbocycles. The summed E-state index contributed by atoms with van der Waals surface area (Å²) in [7, 11) is 0. The van der Waals surface area contributed by atoms with E-state index in [-0.39, 0.29) is 0 Å². The molecule has 139 heavy (non-hydrogen) atoms. The summed E-state index contributed by atoms with van der Waals surface area (Å²) in [6.45, 7) is -12.5. The van der Waals surface area contributed by atoms with Gasteiger partial charge in [-0.3, -0.25) is 9.59 Å². The van der Waals surface area contributed by atoms with Gasteiger partial charge in [-0.15, -0.1) is 0 Å². The number of amides is 2. The van der Waals surface area contributed by atoms with Crippen LogP contribution in [0.4, 0.5) is 0 Å². The van der Waals surface area contributed by atoms with E-state index in [0.29, 0.717) is 0 Å². The van der Waals surface area contributed by atoms with E-state index in [1.165, 1.54) is 0 Å². The number of carbonyl (C=O) groups excluding carboxylic acids is 2. The van der Waals surface area contributed by atoms with Crippen molar-refractivity contribution in [3.05, 3.63) is 0 Å². The summed E-state index contributed by atoms with van der Waals surface area (Å²) in [6.07, 6.45) is -131. The van der Waals surface area contributed by atoms with E-state index in [0.717, 1.165) is 13.8 Å². The van der Waals surface area contributed by atoms with Gasteiger partial charge in [-0.2, -0.15) is 0 Å². The number of aliphatic hydroxyl groups is 36. The summed E-state index contributed by atoms with van der Waals surface area (Å²) in [5.74, 6) is -1.86. The Morgan fingerprint density at radius 2 is 0.396 bits per heavy atom. The van der Waals surface area contributed by atoms with E-state index in [1.54, 1.807) is 0 Å². The first kappa shape index (κ1) is 114. The first-order valence-corrected chi connectivity index (χ1v) is 44.2. The molecule has 808 valence electrons. The summed E-state index contributed by atoms with van der Waals surface area (Å²) in [6, 6.07) is -3.76. The highest BCUT2D eigenvalue weighted by atomic mass is 16.8. The van der Waals surface area contributed by atoms with Crippen LogP contribution in [0.2, 0.25) is 0 Å². The Morgan fingerprint density at radius 3 is 0.712 bits per heavy atom. The lowest BCUT2D eigenvalue weighted by Crippen LogP contribution is -2.70. The van der Waals surface area contributed by atoms with Crippen LogP contribution in [0.15, 0.2) is 0 Å². The lowest BCUT2D eigenvalue weighted by atomic mass is 9.94. The molecule has 12 fully saturated rings. The Balaban J connectivity index is 0.912. The smallest absolute Gasteiger partial charge is 0.217 e.